The van der Waals surface area contributed by atoms with Crippen molar-refractivity contribution in [3.8, 4) is 0 Å². The monoisotopic (exact) mass is 237 g/mol. The minimum atomic E-state index is 0.730. The largest absolute Gasteiger partial charge is 0.343 e. The van der Waals surface area contributed by atoms with E-state index >= 15 is 0 Å². The number of rotatable bonds is 3. The Labute approximate surface area is 99.4 Å². The first-order valence-corrected chi connectivity index (χ1v) is 5.87. The molecule has 1 aromatic heterocycles. The summed E-state index contributed by atoms with van der Waals surface area (Å²) in [6.07, 6.45) is 1.35. The van der Waals surface area contributed by atoms with Gasteiger partial charge in [0, 0.05) is 4.90 Å². The highest BCUT2D eigenvalue weighted by atomic mass is 32.2. The van der Waals surface area contributed by atoms with Crippen molar-refractivity contribution in [3.63, 3.8) is 0 Å². The second kappa shape index (κ2) is 7.90. The van der Waals surface area contributed by atoms with Gasteiger partial charge >= 0.3 is 0 Å². The molecule has 2 rings (SSSR count). The molecule has 1 N–H and O–H groups in total. The third kappa shape index (κ3) is 4.95. The summed E-state index contributed by atoms with van der Waals surface area (Å²) >= 11 is 1.69. The van der Waals surface area contributed by atoms with Crippen molar-refractivity contribution < 1.29 is 4.52 Å². The van der Waals surface area contributed by atoms with E-state index in [4.69, 9.17) is 0 Å². The quantitative estimate of drug-likeness (QED) is 0.829. The third-order valence-electron chi connectivity index (χ3n) is 1.52. The van der Waals surface area contributed by atoms with Crippen LogP contribution in [0.2, 0.25) is 0 Å². The molecule has 0 fully saturated rings. The van der Waals surface area contributed by atoms with Crippen LogP contribution in [-0.4, -0.2) is 24.2 Å². The molecule has 86 valence electrons. The van der Waals surface area contributed by atoms with E-state index in [1.54, 1.807) is 11.8 Å². The molecule has 0 aliphatic heterocycles. The maximum absolute atomic E-state index is 4.63. The molecule has 0 atom stereocenters. The van der Waals surface area contributed by atoms with Crippen LogP contribution in [0.25, 0.3) is 0 Å². The Bertz CT molecular complexity index is 364. The average Bonchev–Trinajstić information content (AvgIpc) is 2.82. The highest BCUT2D eigenvalue weighted by molar-refractivity contribution is 7.98. The number of hydrogen-bond donors (Lipinski definition) is 1. The Morgan fingerprint density at radius 2 is 1.94 bits per heavy atom. The van der Waals surface area contributed by atoms with Gasteiger partial charge in [-0.3, -0.25) is 0 Å². The molecule has 0 radical (unpaired) electrons. The number of nitrogens with zero attached hydrogens (tertiary/aromatic N) is 2. The van der Waals surface area contributed by atoms with Gasteiger partial charge in [0.1, 0.15) is 0 Å². The van der Waals surface area contributed by atoms with E-state index in [0.717, 1.165) is 11.6 Å². The number of nitrogens with one attached hydrogen (secondary N) is 1. The predicted molar refractivity (Wildman–Crippen MR) is 65.3 cm³/mol. The molecule has 0 spiro atoms. The van der Waals surface area contributed by atoms with Crippen molar-refractivity contribution in [1.29, 1.82) is 0 Å². The first kappa shape index (κ1) is 12.7. The van der Waals surface area contributed by atoms with Crippen LogP contribution in [0.3, 0.4) is 0 Å². The van der Waals surface area contributed by atoms with Crippen molar-refractivity contribution in [3.05, 3.63) is 42.5 Å². The molecule has 0 amide bonds. The van der Waals surface area contributed by atoms with Crippen molar-refractivity contribution in [1.82, 2.24) is 15.5 Å². The summed E-state index contributed by atoms with van der Waals surface area (Å²) in [7, 11) is 3.75. The van der Waals surface area contributed by atoms with E-state index < -0.39 is 0 Å². The molecular weight excluding hydrogens is 222 g/mol. The molecule has 1 aromatic carbocycles. The molecule has 0 bridgehead atoms. The zero-order valence-electron chi connectivity index (χ0n) is 9.38. The Kier molecular flexibility index (Phi) is 6.29. The van der Waals surface area contributed by atoms with Gasteiger partial charge in [-0.15, -0.1) is 11.8 Å². The highest BCUT2D eigenvalue weighted by Crippen LogP contribution is 2.19. The summed E-state index contributed by atoms with van der Waals surface area (Å²) in [5, 5.41) is 6.47. The fourth-order valence-electron chi connectivity index (χ4n) is 0.921. The number of thioether (sulfide) groups is 1. The van der Waals surface area contributed by atoms with Gasteiger partial charge in [0.05, 0.1) is 5.75 Å². The van der Waals surface area contributed by atoms with Gasteiger partial charge in [-0.25, -0.2) is 0 Å². The Morgan fingerprint density at radius 1 is 1.25 bits per heavy atom. The van der Waals surface area contributed by atoms with Gasteiger partial charge in [-0.1, -0.05) is 23.4 Å². The lowest BCUT2D eigenvalue weighted by Gasteiger charge is -1.95. The topological polar surface area (TPSA) is 51.0 Å². The van der Waals surface area contributed by atoms with Gasteiger partial charge in [-0.05, 0) is 26.2 Å². The second-order valence-electron chi connectivity index (χ2n) is 2.95. The van der Waals surface area contributed by atoms with Crippen LogP contribution in [-0.2, 0) is 5.75 Å². The van der Waals surface area contributed by atoms with E-state index in [0.29, 0.717) is 0 Å². The van der Waals surface area contributed by atoms with Crippen molar-refractivity contribution in [2.45, 2.75) is 10.6 Å². The van der Waals surface area contributed by atoms with Crippen LogP contribution in [0.1, 0.15) is 5.82 Å². The molecular formula is C11H15N3OS. The second-order valence-corrected chi connectivity index (χ2v) is 4.00. The zero-order valence-corrected chi connectivity index (χ0v) is 10.2. The van der Waals surface area contributed by atoms with Crippen LogP contribution >= 0.6 is 11.8 Å². The Balaban J connectivity index is 0.000000386. The van der Waals surface area contributed by atoms with Gasteiger partial charge in [0.15, 0.2) is 5.82 Å². The smallest absolute Gasteiger partial charge is 0.213 e. The van der Waals surface area contributed by atoms with E-state index in [9.17, 15) is 0 Å². The standard InChI is InChI=1S/C9H8N2OS.C2H7N/c1-2-4-8(5-3-1)13-6-9-10-7-12-11-9;1-3-2/h1-5,7H,6H2;3H,1-2H3. The van der Waals surface area contributed by atoms with Crippen LogP contribution < -0.4 is 5.32 Å². The molecule has 0 saturated carbocycles. The Hall–Kier alpha value is -1.33. The minimum absolute atomic E-state index is 0.730. The number of hydrogen-bond acceptors (Lipinski definition) is 5. The third-order valence-corrected chi connectivity index (χ3v) is 2.53. The van der Waals surface area contributed by atoms with Crippen LogP contribution in [0.4, 0.5) is 0 Å². The summed E-state index contributed by atoms with van der Waals surface area (Å²) < 4.78 is 4.63. The van der Waals surface area contributed by atoms with Crippen molar-refractivity contribution in [2.24, 2.45) is 0 Å². The molecule has 5 heteroatoms. The highest BCUT2D eigenvalue weighted by Gasteiger charge is 1.98. The van der Waals surface area contributed by atoms with E-state index in [-0.39, 0.29) is 0 Å². The van der Waals surface area contributed by atoms with E-state index in [1.165, 1.54) is 11.3 Å². The summed E-state index contributed by atoms with van der Waals surface area (Å²) in [5.41, 5.74) is 0. The zero-order chi connectivity index (χ0) is 11.6. The van der Waals surface area contributed by atoms with Crippen molar-refractivity contribution in [2.75, 3.05) is 14.1 Å². The molecule has 0 unspecified atom stereocenters. The van der Waals surface area contributed by atoms with Crippen molar-refractivity contribution >= 4 is 11.8 Å². The minimum Gasteiger partial charge on any atom is -0.343 e. The van der Waals surface area contributed by atoms with Gasteiger partial charge < -0.3 is 9.84 Å². The summed E-state index contributed by atoms with van der Waals surface area (Å²) in [6.45, 7) is 0. The van der Waals surface area contributed by atoms with Crippen LogP contribution in [0.5, 0.6) is 0 Å². The summed E-state index contributed by atoms with van der Waals surface area (Å²) in [4.78, 5) is 5.15. The SMILES string of the molecule is CNC.c1ccc(SCc2ncon2)cc1. The lowest BCUT2D eigenvalue weighted by Crippen LogP contribution is -1.89. The molecule has 16 heavy (non-hydrogen) atoms. The lowest BCUT2D eigenvalue weighted by molar-refractivity contribution is 0.412. The number of benzene rings is 1. The van der Waals surface area contributed by atoms with Crippen LogP contribution in [0.15, 0.2) is 46.1 Å². The summed E-state index contributed by atoms with van der Waals surface area (Å²) in [5.74, 6) is 1.48. The van der Waals surface area contributed by atoms with Crippen LogP contribution in [0, 0.1) is 0 Å². The fraction of sp³-hybridized carbons (Fsp3) is 0.273. The van der Waals surface area contributed by atoms with Gasteiger partial charge in [-0.2, -0.15) is 4.98 Å². The molecule has 0 saturated heterocycles. The Morgan fingerprint density at radius 3 is 2.50 bits per heavy atom. The molecule has 4 nitrogen and oxygen atoms in total. The summed E-state index contributed by atoms with van der Waals surface area (Å²) in [6, 6.07) is 10.1. The van der Waals surface area contributed by atoms with Gasteiger partial charge in [0.25, 0.3) is 0 Å². The lowest BCUT2D eigenvalue weighted by atomic mass is 10.4. The molecule has 1 heterocycles. The first-order valence-electron chi connectivity index (χ1n) is 4.88. The maximum Gasteiger partial charge on any atom is 0.213 e. The first-order chi connectivity index (χ1) is 7.86. The van der Waals surface area contributed by atoms with E-state index in [2.05, 4.69) is 32.1 Å². The average molecular weight is 237 g/mol. The number of aromatic nitrogens is 2. The predicted octanol–water partition coefficient (Wildman–Crippen LogP) is 2.20. The van der Waals surface area contributed by atoms with E-state index in [1.807, 2.05) is 32.3 Å². The van der Waals surface area contributed by atoms with Gasteiger partial charge in [0.2, 0.25) is 6.39 Å². The fourth-order valence-corrected chi connectivity index (χ4v) is 1.69. The molecule has 0 aliphatic carbocycles. The maximum atomic E-state index is 4.63. The normalized spacial score (nSPS) is 9.38. The molecule has 2 aromatic rings. The molecule has 0 aliphatic rings.